The van der Waals surface area contributed by atoms with Gasteiger partial charge in [-0.05, 0) is 12.8 Å². The van der Waals surface area contributed by atoms with Gasteiger partial charge in [-0.15, -0.1) is 0 Å². The van der Waals surface area contributed by atoms with Gasteiger partial charge in [0, 0.05) is 19.4 Å². The van der Waals surface area contributed by atoms with E-state index in [9.17, 15) is 19.0 Å². The fourth-order valence-corrected chi connectivity index (χ4v) is 12.0. The van der Waals surface area contributed by atoms with Gasteiger partial charge in [0.2, 0.25) is 0 Å². The van der Waals surface area contributed by atoms with E-state index >= 15 is 0 Å². The normalized spacial score (nSPS) is 12.8. The minimum Gasteiger partial charge on any atom is -0.462 e. The topological polar surface area (TPSA) is 134 Å². The lowest BCUT2D eigenvalue weighted by Gasteiger charge is -2.19. The summed E-state index contributed by atoms with van der Waals surface area (Å²) in [6, 6.07) is 0. The summed E-state index contributed by atoms with van der Waals surface area (Å²) in [6.07, 6.45) is 77.9. The van der Waals surface area contributed by atoms with Crippen LogP contribution in [-0.4, -0.2) is 49.3 Å². The molecule has 2 unspecified atom stereocenters. The van der Waals surface area contributed by atoms with Crippen molar-refractivity contribution in [2.75, 3.05) is 26.4 Å². The van der Waals surface area contributed by atoms with Gasteiger partial charge in [-0.1, -0.05) is 373 Å². The van der Waals surface area contributed by atoms with Crippen molar-refractivity contribution >= 4 is 19.8 Å². The molecule has 10 heteroatoms. The molecule has 2 atom stereocenters. The molecule has 0 fully saturated rings. The van der Waals surface area contributed by atoms with E-state index in [1.807, 2.05) is 0 Å². The monoisotopic (exact) mass is 1140 g/mol. The van der Waals surface area contributed by atoms with Crippen molar-refractivity contribution in [1.29, 1.82) is 0 Å². The number of phosphoric ester groups is 1. The van der Waals surface area contributed by atoms with Crippen LogP contribution < -0.4 is 5.73 Å². The molecule has 0 radical (unpaired) electrons. The van der Waals surface area contributed by atoms with Crippen molar-refractivity contribution in [2.24, 2.45) is 5.73 Å². The lowest BCUT2D eigenvalue weighted by atomic mass is 10.0. The van der Waals surface area contributed by atoms with E-state index in [0.717, 1.165) is 32.1 Å². The van der Waals surface area contributed by atoms with Gasteiger partial charge < -0.3 is 20.1 Å². The number of esters is 2. The molecular formula is C69H138NO8P. The summed E-state index contributed by atoms with van der Waals surface area (Å²) in [5, 5.41) is 0. The summed E-state index contributed by atoms with van der Waals surface area (Å²) in [7, 11) is -4.39. The number of ether oxygens (including phenoxy) is 2. The minimum absolute atomic E-state index is 0.0588. The summed E-state index contributed by atoms with van der Waals surface area (Å²) in [4.78, 5) is 35.3. The fourth-order valence-electron chi connectivity index (χ4n) is 11.2. The molecule has 0 saturated heterocycles. The molecule has 0 aromatic heterocycles. The standard InChI is InChI=1S/C69H138NO8P/c1-3-5-7-9-11-13-15-17-19-21-23-25-27-29-31-32-33-34-36-38-40-42-44-46-48-50-52-54-56-58-60-62-69(72)78-67(66-77-79(73,74)76-64-63-70)65-75-68(71)61-59-57-55-53-51-49-47-45-43-41-39-37-35-30-28-26-24-22-20-18-16-14-12-10-8-6-4-2/h67H,3-66,70H2,1-2H3,(H,73,74). The zero-order chi connectivity index (χ0) is 57.3. The summed E-state index contributed by atoms with van der Waals surface area (Å²) < 4.78 is 33.2. The van der Waals surface area contributed by atoms with E-state index in [1.54, 1.807) is 0 Å². The Morgan fingerprint density at radius 1 is 0.329 bits per heavy atom. The Balaban J connectivity index is 3.79. The van der Waals surface area contributed by atoms with Crippen molar-refractivity contribution in [1.82, 2.24) is 0 Å². The minimum atomic E-state index is -4.39. The van der Waals surface area contributed by atoms with Crippen LogP contribution in [0.5, 0.6) is 0 Å². The number of nitrogens with two attached hydrogens (primary N) is 1. The van der Waals surface area contributed by atoms with Gasteiger partial charge in [-0.25, -0.2) is 4.57 Å². The van der Waals surface area contributed by atoms with Crippen LogP contribution in [0.1, 0.15) is 399 Å². The lowest BCUT2D eigenvalue weighted by molar-refractivity contribution is -0.161. The number of hydrogen-bond donors (Lipinski definition) is 2. The van der Waals surface area contributed by atoms with Crippen LogP contribution in [-0.2, 0) is 32.7 Å². The van der Waals surface area contributed by atoms with Gasteiger partial charge in [0.15, 0.2) is 6.10 Å². The van der Waals surface area contributed by atoms with Gasteiger partial charge in [0.1, 0.15) is 6.61 Å². The number of rotatable bonds is 69. The van der Waals surface area contributed by atoms with Gasteiger partial charge in [-0.3, -0.25) is 18.6 Å². The molecule has 0 aliphatic carbocycles. The molecule has 0 saturated carbocycles. The van der Waals surface area contributed by atoms with E-state index < -0.39 is 26.5 Å². The zero-order valence-corrected chi connectivity index (χ0v) is 54.1. The van der Waals surface area contributed by atoms with Crippen LogP contribution in [0.15, 0.2) is 0 Å². The number of unbranched alkanes of at least 4 members (excludes halogenated alkanes) is 56. The third kappa shape index (κ3) is 66.0. The Kier molecular flexibility index (Phi) is 65.3. The Hall–Kier alpha value is -0.990. The second-order valence-electron chi connectivity index (χ2n) is 24.5. The van der Waals surface area contributed by atoms with E-state index in [1.165, 1.54) is 334 Å². The largest absolute Gasteiger partial charge is 0.472 e. The molecule has 9 nitrogen and oxygen atoms in total. The predicted molar refractivity (Wildman–Crippen MR) is 340 cm³/mol. The SMILES string of the molecule is CCCCCCCCCCCCCCCCCCCCCCCCCCCCCCCCCC(=O)OC(COC(=O)CCCCCCCCCCCCCCCCCCCCCCCCCCCCC)COP(=O)(O)OCCN. The average molecular weight is 1140 g/mol. The summed E-state index contributed by atoms with van der Waals surface area (Å²) in [6.45, 7) is 3.85. The Bertz CT molecular complexity index is 1250. The van der Waals surface area contributed by atoms with Gasteiger partial charge in [0.25, 0.3) is 0 Å². The predicted octanol–water partition coefficient (Wildman–Crippen LogP) is 23.0. The first-order chi connectivity index (χ1) is 38.8. The van der Waals surface area contributed by atoms with E-state index in [-0.39, 0.29) is 32.1 Å². The highest BCUT2D eigenvalue weighted by molar-refractivity contribution is 7.47. The summed E-state index contributed by atoms with van der Waals surface area (Å²) in [5.41, 5.74) is 5.40. The highest BCUT2D eigenvalue weighted by atomic mass is 31.2. The third-order valence-corrected chi connectivity index (χ3v) is 17.5. The Morgan fingerprint density at radius 2 is 0.544 bits per heavy atom. The second-order valence-corrected chi connectivity index (χ2v) is 25.9. The second kappa shape index (κ2) is 66.2. The fraction of sp³-hybridized carbons (Fsp3) is 0.971. The van der Waals surface area contributed by atoms with Crippen LogP contribution in [0.4, 0.5) is 0 Å². The Labute approximate surface area is 492 Å². The third-order valence-electron chi connectivity index (χ3n) is 16.5. The molecule has 79 heavy (non-hydrogen) atoms. The first kappa shape index (κ1) is 78.0. The number of phosphoric acid groups is 1. The quantitative estimate of drug-likeness (QED) is 0.0347. The molecule has 0 aromatic carbocycles. The average Bonchev–Trinajstić information content (AvgIpc) is 3.44. The molecule has 0 spiro atoms. The van der Waals surface area contributed by atoms with Crippen molar-refractivity contribution < 1.29 is 37.6 Å². The van der Waals surface area contributed by atoms with Crippen LogP contribution in [0.3, 0.4) is 0 Å². The van der Waals surface area contributed by atoms with Gasteiger partial charge in [0.05, 0.1) is 13.2 Å². The van der Waals surface area contributed by atoms with E-state index in [0.29, 0.717) is 12.8 Å². The molecule has 0 aromatic rings. The molecule has 3 N–H and O–H groups in total. The Morgan fingerprint density at radius 3 is 0.772 bits per heavy atom. The van der Waals surface area contributed by atoms with Crippen LogP contribution in [0, 0.1) is 0 Å². The zero-order valence-electron chi connectivity index (χ0n) is 53.2. The molecule has 0 aliphatic rings. The van der Waals surface area contributed by atoms with Crippen LogP contribution in [0.25, 0.3) is 0 Å². The first-order valence-electron chi connectivity index (χ1n) is 35.5. The van der Waals surface area contributed by atoms with Gasteiger partial charge in [-0.2, -0.15) is 0 Å². The van der Waals surface area contributed by atoms with E-state index in [4.69, 9.17) is 24.3 Å². The van der Waals surface area contributed by atoms with Crippen molar-refractivity contribution in [3.05, 3.63) is 0 Å². The smallest absolute Gasteiger partial charge is 0.462 e. The maximum Gasteiger partial charge on any atom is 0.472 e. The highest BCUT2D eigenvalue weighted by Crippen LogP contribution is 2.43. The molecule has 472 valence electrons. The molecule has 0 bridgehead atoms. The molecule has 0 amide bonds. The van der Waals surface area contributed by atoms with Crippen LogP contribution >= 0.6 is 7.82 Å². The summed E-state index contributed by atoms with van der Waals surface area (Å²) in [5.74, 6) is -0.797. The number of carbonyl (C=O) groups excluding carboxylic acids is 2. The number of carbonyl (C=O) groups is 2. The van der Waals surface area contributed by atoms with Crippen molar-refractivity contribution in [3.8, 4) is 0 Å². The molecule has 0 rings (SSSR count). The van der Waals surface area contributed by atoms with Crippen molar-refractivity contribution in [2.45, 2.75) is 405 Å². The van der Waals surface area contributed by atoms with Crippen LogP contribution in [0.2, 0.25) is 0 Å². The maximum absolute atomic E-state index is 12.8. The molecule has 0 aliphatic heterocycles. The van der Waals surface area contributed by atoms with Gasteiger partial charge >= 0.3 is 19.8 Å². The lowest BCUT2D eigenvalue weighted by Crippen LogP contribution is -2.29. The first-order valence-corrected chi connectivity index (χ1v) is 37.0. The highest BCUT2D eigenvalue weighted by Gasteiger charge is 2.26. The summed E-state index contributed by atoms with van der Waals surface area (Å²) >= 11 is 0. The molecular weight excluding hydrogens is 1000 g/mol. The maximum atomic E-state index is 12.8. The molecule has 0 heterocycles. The number of hydrogen-bond acceptors (Lipinski definition) is 8. The van der Waals surface area contributed by atoms with E-state index in [2.05, 4.69) is 13.8 Å². The van der Waals surface area contributed by atoms with Crippen molar-refractivity contribution in [3.63, 3.8) is 0 Å².